The van der Waals surface area contributed by atoms with Crippen LogP contribution in [0.5, 0.6) is 0 Å². The molecular formula is C14H22ClN3. The predicted molar refractivity (Wildman–Crippen MR) is 76.4 cm³/mol. The third kappa shape index (κ3) is 3.58. The highest BCUT2D eigenvalue weighted by Gasteiger charge is 2.14. The predicted octanol–water partition coefficient (Wildman–Crippen LogP) is 4.02. The molecule has 1 aromatic heterocycles. The lowest BCUT2D eigenvalue weighted by molar-refractivity contribution is 0.552. The number of aromatic nitrogens is 2. The van der Waals surface area contributed by atoms with Crippen LogP contribution >= 0.6 is 11.6 Å². The summed E-state index contributed by atoms with van der Waals surface area (Å²) in [6.07, 6.45) is 6.52. The van der Waals surface area contributed by atoms with Gasteiger partial charge in [-0.25, -0.2) is 9.97 Å². The zero-order valence-corrected chi connectivity index (χ0v) is 12.1. The van der Waals surface area contributed by atoms with Gasteiger partial charge in [0.2, 0.25) is 0 Å². The van der Waals surface area contributed by atoms with Gasteiger partial charge in [0.05, 0.1) is 0 Å². The molecule has 1 aromatic rings. The average Bonchev–Trinajstić information content (AvgIpc) is 2.27. The van der Waals surface area contributed by atoms with Crippen molar-refractivity contribution in [1.29, 1.82) is 0 Å². The van der Waals surface area contributed by atoms with Crippen LogP contribution in [-0.2, 0) is 0 Å². The summed E-state index contributed by atoms with van der Waals surface area (Å²) in [5, 5.41) is 0.561. The Labute approximate surface area is 115 Å². The summed E-state index contributed by atoms with van der Waals surface area (Å²) >= 11 is 6.11. The highest BCUT2D eigenvalue weighted by Crippen LogP contribution is 2.22. The SMILES string of the molecule is CC(C)c1nc(Cl)cc(N2CCCCCCC2)n1. The lowest BCUT2D eigenvalue weighted by Crippen LogP contribution is -2.28. The molecule has 100 valence electrons. The lowest BCUT2D eigenvalue weighted by Gasteiger charge is -2.26. The Hall–Kier alpha value is -0.830. The van der Waals surface area contributed by atoms with Gasteiger partial charge in [-0.05, 0) is 12.8 Å². The molecule has 4 heteroatoms. The molecule has 0 atom stereocenters. The van der Waals surface area contributed by atoms with Crippen LogP contribution in [0, 0.1) is 0 Å². The van der Waals surface area contributed by atoms with Crippen LogP contribution in [0.3, 0.4) is 0 Å². The van der Waals surface area contributed by atoms with E-state index in [1.165, 1.54) is 32.1 Å². The standard InChI is InChI=1S/C14H22ClN3/c1-11(2)14-16-12(15)10-13(17-14)18-8-6-4-3-5-7-9-18/h10-11H,3-9H2,1-2H3. The normalized spacial score (nSPS) is 17.7. The molecule has 0 aromatic carbocycles. The Morgan fingerprint density at radius 1 is 1.06 bits per heavy atom. The van der Waals surface area contributed by atoms with E-state index in [1.54, 1.807) is 0 Å². The van der Waals surface area contributed by atoms with E-state index in [4.69, 9.17) is 11.6 Å². The summed E-state index contributed by atoms with van der Waals surface area (Å²) in [5.74, 6) is 2.16. The second-order valence-corrected chi connectivity index (χ2v) is 5.70. The summed E-state index contributed by atoms with van der Waals surface area (Å²) in [6.45, 7) is 6.38. The van der Waals surface area contributed by atoms with E-state index < -0.39 is 0 Å². The maximum Gasteiger partial charge on any atom is 0.135 e. The summed E-state index contributed by atoms with van der Waals surface area (Å²) in [6, 6.07) is 1.90. The molecule has 1 aliphatic heterocycles. The average molecular weight is 268 g/mol. The molecule has 0 saturated carbocycles. The van der Waals surface area contributed by atoms with Gasteiger partial charge in [-0.15, -0.1) is 0 Å². The Bertz CT molecular complexity index is 385. The summed E-state index contributed by atoms with van der Waals surface area (Å²) in [7, 11) is 0. The summed E-state index contributed by atoms with van der Waals surface area (Å²) in [4.78, 5) is 11.3. The van der Waals surface area contributed by atoms with E-state index in [2.05, 4.69) is 28.7 Å². The van der Waals surface area contributed by atoms with E-state index in [-0.39, 0.29) is 0 Å². The van der Waals surface area contributed by atoms with E-state index in [0.29, 0.717) is 11.1 Å². The van der Waals surface area contributed by atoms with Crippen molar-refractivity contribution in [2.45, 2.75) is 51.9 Å². The van der Waals surface area contributed by atoms with E-state index >= 15 is 0 Å². The molecule has 0 spiro atoms. The number of hydrogen-bond donors (Lipinski definition) is 0. The van der Waals surface area contributed by atoms with E-state index in [1.807, 2.05) is 6.07 Å². The number of hydrogen-bond acceptors (Lipinski definition) is 3. The molecule has 2 rings (SSSR count). The fourth-order valence-electron chi connectivity index (χ4n) is 2.32. The fourth-order valence-corrected chi connectivity index (χ4v) is 2.50. The number of nitrogens with zero attached hydrogens (tertiary/aromatic N) is 3. The zero-order chi connectivity index (χ0) is 13.0. The Morgan fingerprint density at radius 2 is 1.67 bits per heavy atom. The molecule has 0 radical (unpaired) electrons. The van der Waals surface area contributed by atoms with Crippen molar-refractivity contribution in [1.82, 2.24) is 9.97 Å². The van der Waals surface area contributed by atoms with Crippen molar-refractivity contribution in [3.05, 3.63) is 17.0 Å². The summed E-state index contributed by atoms with van der Waals surface area (Å²) < 4.78 is 0. The van der Waals surface area contributed by atoms with Crippen LogP contribution in [0.25, 0.3) is 0 Å². The summed E-state index contributed by atoms with van der Waals surface area (Å²) in [5.41, 5.74) is 0. The highest BCUT2D eigenvalue weighted by molar-refractivity contribution is 6.29. The minimum absolute atomic E-state index is 0.317. The van der Waals surface area contributed by atoms with Gasteiger partial charge < -0.3 is 4.90 Å². The van der Waals surface area contributed by atoms with Crippen LogP contribution in [0.15, 0.2) is 6.07 Å². The van der Waals surface area contributed by atoms with Crippen LogP contribution in [-0.4, -0.2) is 23.1 Å². The van der Waals surface area contributed by atoms with Crippen molar-refractivity contribution in [3.63, 3.8) is 0 Å². The van der Waals surface area contributed by atoms with Gasteiger partial charge in [0.15, 0.2) is 0 Å². The van der Waals surface area contributed by atoms with Crippen molar-refractivity contribution in [2.24, 2.45) is 0 Å². The first-order valence-corrected chi connectivity index (χ1v) is 7.34. The second kappa shape index (κ2) is 6.37. The van der Waals surface area contributed by atoms with Gasteiger partial charge >= 0.3 is 0 Å². The van der Waals surface area contributed by atoms with Crippen molar-refractivity contribution in [2.75, 3.05) is 18.0 Å². The third-order valence-corrected chi connectivity index (χ3v) is 3.59. The Balaban J connectivity index is 2.19. The van der Waals surface area contributed by atoms with Crippen molar-refractivity contribution >= 4 is 17.4 Å². The number of rotatable bonds is 2. The maximum atomic E-state index is 6.11. The molecule has 2 heterocycles. The van der Waals surface area contributed by atoms with Crippen LogP contribution in [0.1, 0.15) is 57.7 Å². The van der Waals surface area contributed by atoms with Crippen LogP contribution < -0.4 is 4.90 Å². The Kier molecular flexibility index (Phi) is 4.81. The Morgan fingerprint density at radius 3 is 2.28 bits per heavy atom. The molecule has 18 heavy (non-hydrogen) atoms. The quantitative estimate of drug-likeness (QED) is 0.758. The molecule has 1 aliphatic rings. The number of anilines is 1. The van der Waals surface area contributed by atoms with Gasteiger partial charge in [0.1, 0.15) is 16.8 Å². The minimum Gasteiger partial charge on any atom is -0.356 e. The molecular weight excluding hydrogens is 246 g/mol. The molecule has 1 saturated heterocycles. The van der Waals surface area contributed by atoms with Crippen molar-refractivity contribution in [3.8, 4) is 0 Å². The van der Waals surface area contributed by atoms with E-state index in [0.717, 1.165) is 24.7 Å². The molecule has 0 unspecified atom stereocenters. The highest BCUT2D eigenvalue weighted by atomic mass is 35.5. The lowest BCUT2D eigenvalue weighted by atomic mass is 10.1. The first-order valence-electron chi connectivity index (χ1n) is 6.96. The van der Waals surface area contributed by atoms with Crippen LogP contribution in [0.4, 0.5) is 5.82 Å². The first-order chi connectivity index (χ1) is 8.66. The zero-order valence-electron chi connectivity index (χ0n) is 11.3. The third-order valence-electron chi connectivity index (χ3n) is 3.40. The van der Waals surface area contributed by atoms with Gasteiger partial charge in [-0.3, -0.25) is 0 Å². The monoisotopic (exact) mass is 267 g/mol. The largest absolute Gasteiger partial charge is 0.356 e. The molecule has 0 bridgehead atoms. The topological polar surface area (TPSA) is 29.0 Å². The molecule has 0 N–H and O–H groups in total. The van der Waals surface area contributed by atoms with E-state index in [9.17, 15) is 0 Å². The van der Waals surface area contributed by atoms with Gasteiger partial charge in [0, 0.05) is 25.1 Å². The molecule has 1 fully saturated rings. The fraction of sp³-hybridized carbons (Fsp3) is 0.714. The van der Waals surface area contributed by atoms with Gasteiger partial charge in [-0.2, -0.15) is 0 Å². The maximum absolute atomic E-state index is 6.11. The van der Waals surface area contributed by atoms with Crippen molar-refractivity contribution < 1.29 is 0 Å². The van der Waals surface area contributed by atoms with Crippen LogP contribution in [0.2, 0.25) is 5.15 Å². The van der Waals surface area contributed by atoms with Gasteiger partial charge in [0.25, 0.3) is 0 Å². The molecule has 0 aliphatic carbocycles. The smallest absolute Gasteiger partial charge is 0.135 e. The molecule has 3 nitrogen and oxygen atoms in total. The first kappa shape index (κ1) is 13.6. The molecule has 0 amide bonds. The number of halogens is 1. The van der Waals surface area contributed by atoms with Gasteiger partial charge in [-0.1, -0.05) is 44.7 Å². The minimum atomic E-state index is 0.317. The second-order valence-electron chi connectivity index (χ2n) is 5.32.